The van der Waals surface area contributed by atoms with Gasteiger partial charge in [-0.3, -0.25) is 0 Å². The topological polar surface area (TPSA) is 40.5 Å². The minimum absolute atomic E-state index is 0.0451. The monoisotopic (exact) mass is 190 g/mol. The summed E-state index contributed by atoms with van der Waals surface area (Å²) in [6.07, 6.45) is 5.54. The summed E-state index contributed by atoms with van der Waals surface area (Å²) in [5.41, 5.74) is -0.306. The summed E-state index contributed by atoms with van der Waals surface area (Å²) in [7, 11) is 0. The molecule has 2 nitrogen and oxygen atoms in total. The van der Waals surface area contributed by atoms with E-state index in [0.717, 1.165) is 0 Å². The van der Waals surface area contributed by atoms with Gasteiger partial charge >= 0.3 is 0 Å². The Labute approximate surface area is 83.0 Å². The zero-order valence-corrected chi connectivity index (χ0v) is 9.64. The Kier molecular flexibility index (Phi) is 11.8. The average Bonchev–Trinajstić information content (AvgIpc) is 2.16. The van der Waals surface area contributed by atoms with Crippen LogP contribution in [0.2, 0.25) is 0 Å². The van der Waals surface area contributed by atoms with E-state index in [4.69, 9.17) is 10.2 Å². The molecule has 0 bridgehead atoms. The van der Waals surface area contributed by atoms with Gasteiger partial charge in [-0.15, -0.1) is 0 Å². The number of rotatable bonds is 5. The molecule has 0 fully saturated rings. The van der Waals surface area contributed by atoms with Crippen LogP contribution in [0.3, 0.4) is 0 Å². The zero-order valence-electron chi connectivity index (χ0n) is 9.64. The average molecular weight is 190 g/mol. The Balaban J connectivity index is 0. The number of aliphatic hydroxyl groups excluding tert-OH is 2. The van der Waals surface area contributed by atoms with Crippen LogP contribution in [0, 0.1) is 5.41 Å². The Morgan fingerprint density at radius 3 is 1.23 bits per heavy atom. The van der Waals surface area contributed by atoms with E-state index < -0.39 is 0 Å². The molecule has 0 aliphatic carbocycles. The van der Waals surface area contributed by atoms with Crippen molar-refractivity contribution in [1.82, 2.24) is 0 Å². The zero-order chi connectivity index (χ0) is 10.7. The fourth-order valence-electron chi connectivity index (χ4n) is 0.550. The number of aliphatic hydroxyl groups is 2. The van der Waals surface area contributed by atoms with Crippen molar-refractivity contribution in [3.63, 3.8) is 0 Å². The lowest BCUT2D eigenvalue weighted by Gasteiger charge is -2.16. The lowest BCUT2D eigenvalue weighted by atomic mass is 9.97. The third-order valence-electron chi connectivity index (χ3n) is 1.81. The van der Waals surface area contributed by atoms with Crippen LogP contribution in [-0.2, 0) is 0 Å². The summed E-state index contributed by atoms with van der Waals surface area (Å²) < 4.78 is 0. The molecule has 0 rings (SSSR count). The predicted octanol–water partition coefficient (Wildman–Crippen LogP) is 2.58. The second-order valence-corrected chi connectivity index (χ2v) is 4.19. The maximum absolute atomic E-state index is 8.43. The molecule has 0 aromatic rings. The van der Waals surface area contributed by atoms with Crippen LogP contribution >= 0.6 is 0 Å². The van der Waals surface area contributed by atoms with E-state index in [-0.39, 0.29) is 18.6 Å². The van der Waals surface area contributed by atoms with Crippen molar-refractivity contribution in [1.29, 1.82) is 0 Å². The van der Waals surface area contributed by atoms with E-state index in [1.165, 1.54) is 25.7 Å². The van der Waals surface area contributed by atoms with E-state index in [1.54, 1.807) is 13.8 Å². The van der Waals surface area contributed by atoms with E-state index in [2.05, 4.69) is 13.8 Å². The van der Waals surface area contributed by atoms with Gasteiger partial charge in [0.05, 0.1) is 13.2 Å². The first-order valence-electron chi connectivity index (χ1n) is 5.25. The standard InChI is InChI=1S/C6H14.C5H12O2/c1-3-5-6-4-2;1-5(2,3-6)4-7/h3-6H2,1-2H3;6-7H,3-4H2,1-2H3. The van der Waals surface area contributed by atoms with Gasteiger partial charge < -0.3 is 10.2 Å². The first kappa shape index (κ1) is 15.4. The molecular formula is C11H26O2. The summed E-state index contributed by atoms with van der Waals surface area (Å²) in [6, 6.07) is 0. The number of hydrogen-bond acceptors (Lipinski definition) is 2. The SMILES string of the molecule is CC(C)(CO)CO.CCCCCC. The van der Waals surface area contributed by atoms with Gasteiger partial charge in [0.1, 0.15) is 0 Å². The molecule has 0 aliphatic heterocycles. The van der Waals surface area contributed by atoms with Crippen LogP contribution in [0.5, 0.6) is 0 Å². The van der Waals surface area contributed by atoms with Crippen LogP contribution < -0.4 is 0 Å². The molecule has 2 N–H and O–H groups in total. The fourth-order valence-corrected chi connectivity index (χ4v) is 0.550. The summed E-state index contributed by atoms with van der Waals surface area (Å²) in [5, 5.41) is 16.9. The highest BCUT2D eigenvalue weighted by Gasteiger charge is 2.13. The maximum atomic E-state index is 8.43. The van der Waals surface area contributed by atoms with Crippen LogP contribution in [0.1, 0.15) is 53.4 Å². The summed E-state index contributed by atoms with van der Waals surface area (Å²) >= 11 is 0. The Hall–Kier alpha value is -0.0800. The summed E-state index contributed by atoms with van der Waals surface area (Å²) in [6.45, 7) is 8.15. The number of unbranched alkanes of at least 4 members (excludes halogenated alkanes) is 3. The molecule has 0 saturated carbocycles. The van der Waals surface area contributed by atoms with E-state index in [9.17, 15) is 0 Å². The van der Waals surface area contributed by atoms with E-state index in [0.29, 0.717) is 0 Å². The molecule has 0 unspecified atom stereocenters. The minimum atomic E-state index is -0.306. The lowest BCUT2D eigenvalue weighted by Crippen LogP contribution is -2.20. The molecule has 0 aliphatic rings. The van der Waals surface area contributed by atoms with Crippen LogP contribution in [0.25, 0.3) is 0 Å². The van der Waals surface area contributed by atoms with Crippen LogP contribution in [0.4, 0.5) is 0 Å². The highest BCUT2D eigenvalue weighted by molar-refractivity contribution is 4.62. The normalized spacial score (nSPS) is 10.6. The van der Waals surface area contributed by atoms with Crippen molar-refractivity contribution < 1.29 is 10.2 Å². The van der Waals surface area contributed by atoms with Gasteiger partial charge in [-0.05, 0) is 0 Å². The lowest BCUT2D eigenvalue weighted by molar-refractivity contribution is 0.0857. The van der Waals surface area contributed by atoms with Gasteiger partial charge in [-0.1, -0.05) is 53.4 Å². The molecule has 2 heteroatoms. The van der Waals surface area contributed by atoms with Gasteiger partial charge in [0.15, 0.2) is 0 Å². The van der Waals surface area contributed by atoms with E-state index in [1.807, 2.05) is 0 Å². The molecule has 13 heavy (non-hydrogen) atoms. The molecule has 0 radical (unpaired) electrons. The Morgan fingerprint density at radius 1 is 0.846 bits per heavy atom. The number of hydrogen-bond donors (Lipinski definition) is 2. The van der Waals surface area contributed by atoms with Crippen LogP contribution in [0.15, 0.2) is 0 Å². The van der Waals surface area contributed by atoms with Crippen molar-refractivity contribution in [2.75, 3.05) is 13.2 Å². The molecule has 0 atom stereocenters. The second kappa shape index (κ2) is 10.0. The third kappa shape index (κ3) is 14.7. The Bertz CT molecular complexity index is 80.1. The highest BCUT2D eigenvalue weighted by Crippen LogP contribution is 2.10. The van der Waals surface area contributed by atoms with Gasteiger partial charge in [0.25, 0.3) is 0 Å². The molecule has 0 spiro atoms. The molecule has 0 aromatic heterocycles. The maximum Gasteiger partial charge on any atom is 0.0504 e. The Morgan fingerprint density at radius 2 is 1.15 bits per heavy atom. The predicted molar refractivity (Wildman–Crippen MR) is 57.8 cm³/mol. The molecule has 0 heterocycles. The van der Waals surface area contributed by atoms with Crippen molar-refractivity contribution in [2.45, 2.75) is 53.4 Å². The smallest absolute Gasteiger partial charge is 0.0504 e. The molecule has 82 valence electrons. The minimum Gasteiger partial charge on any atom is -0.396 e. The summed E-state index contributed by atoms with van der Waals surface area (Å²) in [5.74, 6) is 0. The van der Waals surface area contributed by atoms with Crippen molar-refractivity contribution in [2.24, 2.45) is 5.41 Å². The fraction of sp³-hybridized carbons (Fsp3) is 1.00. The molecule has 0 aromatic carbocycles. The van der Waals surface area contributed by atoms with Crippen molar-refractivity contribution >= 4 is 0 Å². The van der Waals surface area contributed by atoms with Crippen molar-refractivity contribution in [3.05, 3.63) is 0 Å². The first-order chi connectivity index (χ1) is 6.04. The molecular weight excluding hydrogens is 164 g/mol. The highest BCUT2D eigenvalue weighted by atomic mass is 16.3. The van der Waals surface area contributed by atoms with Gasteiger partial charge in [-0.25, -0.2) is 0 Å². The van der Waals surface area contributed by atoms with Crippen LogP contribution in [-0.4, -0.2) is 23.4 Å². The molecule has 0 amide bonds. The summed E-state index contributed by atoms with van der Waals surface area (Å²) in [4.78, 5) is 0. The van der Waals surface area contributed by atoms with Gasteiger partial charge in [0, 0.05) is 5.41 Å². The first-order valence-corrected chi connectivity index (χ1v) is 5.25. The quantitative estimate of drug-likeness (QED) is 0.654. The largest absolute Gasteiger partial charge is 0.396 e. The third-order valence-corrected chi connectivity index (χ3v) is 1.81. The van der Waals surface area contributed by atoms with Crippen molar-refractivity contribution in [3.8, 4) is 0 Å². The second-order valence-electron chi connectivity index (χ2n) is 4.19. The van der Waals surface area contributed by atoms with Gasteiger partial charge in [0.2, 0.25) is 0 Å². The van der Waals surface area contributed by atoms with Gasteiger partial charge in [-0.2, -0.15) is 0 Å². The molecule has 0 saturated heterocycles. The van der Waals surface area contributed by atoms with E-state index >= 15 is 0 Å².